The van der Waals surface area contributed by atoms with Crippen LogP contribution in [0.4, 0.5) is 18.9 Å². The third-order valence-electron chi connectivity index (χ3n) is 8.57. The average Bonchev–Trinajstić information content (AvgIpc) is 3.54. The van der Waals surface area contributed by atoms with Gasteiger partial charge in [-0.05, 0) is 53.1 Å². The van der Waals surface area contributed by atoms with Crippen LogP contribution in [0.5, 0.6) is 11.5 Å². The number of likely N-dealkylation sites (N-methyl/N-ethyl adjacent to an activating group) is 1. The summed E-state index contributed by atoms with van der Waals surface area (Å²) in [5.74, 6) is -2.82. The molecule has 1 fully saturated rings. The number of hydrogen-bond donors (Lipinski definition) is 1. The molecule has 2 heterocycles. The van der Waals surface area contributed by atoms with Crippen LogP contribution in [0.2, 0.25) is 5.02 Å². The Morgan fingerprint density at radius 3 is 2.42 bits per heavy atom. The number of nitrogens with zero attached hydrogens (tertiary/aromatic N) is 3. The molecule has 1 saturated heterocycles. The van der Waals surface area contributed by atoms with Gasteiger partial charge in [0, 0.05) is 37.3 Å². The fraction of sp³-hybridized carbons (Fsp3) is 0.273. The number of aliphatic hydroxyl groups is 1. The zero-order chi connectivity index (χ0) is 34.8. The summed E-state index contributed by atoms with van der Waals surface area (Å²) >= 11 is 6.52. The zero-order valence-electron chi connectivity index (χ0n) is 25.7. The van der Waals surface area contributed by atoms with E-state index < -0.39 is 56.5 Å². The standard InChI is InChI=1S/C33H29ClF3N3O7S/c1-38(2)30(42)27-16-21(41)18-39(27)32(24-10-6-8-19-7-4-5-9-23(19)24)25-15-20(34)11-13-26(25)40(31(32)43)48(44,45)29-14-12-22(46-3)17-28(29)47-33(35,36)37/h4-15,17,21,27,41H,16,18H2,1-3H3/t21-,27+,32?/m1/s1. The Hall–Kier alpha value is -4.37. The molecule has 15 heteroatoms. The third-order valence-corrected chi connectivity index (χ3v) is 10.5. The lowest BCUT2D eigenvalue weighted by molar-refractivity contribution is -0.275. The molecule has 6 rings (SSSR count). The van der Waals surface area contributed by atoms with Crippen molar-refractivity contribution in [2.24, 2.45) is 0 Å². The molecular weight excluding hydrogens is 675 g/mol. The highest BCUT2D eigenvalue weighted by molar-refractivity contribution is 7.93. The van der Waals surface area contributed by atoms with E-state index in [1.54, 1.807) is 42.5 Å². The molecule has 4 aromatic carbocycles. The third kappa shape index (κ3) is 5.32. The van der Waals surface area contributed by atoms with Crippen molar-refractivity contribution >= 4 is 49.9 Å². The van der Waals surface area contributed by atoms with E-state index >= 15 is 4.79 Å². The second-order valence-corrected chi connectivity index (χ2v) is 13.8. The van der Waals surface area contributed by atoms with Crippen molar-refractivity contribution in [1.29, 1.82) is 0 Å². The van der Waals surface area contributed by atoms with Crippen molar-refractivity contribution in [3.05, 3.63) is 95.0 Å². The molecule has 4 aromatic rings. The maximum Gasteiger partial charge on any atom is 0.573 e. The molecule has 0 aliphatic carbocycles. The predicted molar refractivity (Wildman–Crippen MR) is 170 cm³/mol. The highest BCUT2D eigenvalue weighted by Crippen LogP contribution is 2.55. The molecule has 48 heavy (non-hydrogen) atoms. The molecular formula is C33H29ClF3N3O7S. The van der Waals surface area contributed by atoms with Crippen LogP contribution in [-0.2, 0) is 25.2 Å². The highest BCUT2D eigenvalue weighted by Gasteiger charge is 2.63. The summed E-state index contributed by atoms with van der Waals surface area (Å²) in [6.45, 7) is -0.232. The Kier molecular flexibility index (Phi) is 8.35. The molecule has 0 bridgehead atoms. The number of sulfonamides is 1. The van der Waals surface area contributed by atoms with Crippen molar-refractivity contribution in [1.82, 2.24) is 9.80 Å². The fourth-order valence-electron chi connectivity index (χ4n) is 6.67. The van der Waals surface area contributed by atoms with Crippen LogP contribution in [0.3, 0.4) is 0 Å². The van der Waals surface area contributed by atoms with Crippen molar-refractivity contribution in [3.63, 3.8) is 0 Å². The minimum atomic E-state index is -5.30. The first-order chi connectivity index (χ1) is 22.6. The number of methoxy groups -OCH3 is 1. The number of hydrogen-bond acceptors (Lipinski definition) is 8. The van der Waals surface area contributed by atoms with Gasteiger partial charge in [0.2, 0.25) is 5.91 Å². The Bertz CT molecular complexity index is 2050. The Balaban J connectivity index is 1.69. The maximum absolute atomic E-state index is 15.4. The molecule has 2 amide bonds. The van der Waals surface area contributed by atoms with Gasteiger partial charge in [-0.15, -0.1) is 13.2 Å². The van der Waals surface area contributed by atoms with Gasteiger partial charge in [0.1, 0.15) is 10.6 Å². The number of β-amino-alcohol motifs (C(OH)–C–C–N with tert-alkyl or cyclic N) is 1. The molecule has 2 aliphatic heterocycles. The first kappa shape index (κ1) is 33.5. The number of ether oxygens (including phenoxy) is 2. The minimum Gasteiger partial charge on any atom is -0.497 e. The Morgan fingerprint density at radius 2 is 1.73 bits per heavy atom. The summed E-state index contributed by atoms with van der Waals surface area (Å²) < 4.78 is 79.6. The molecule has 1 N–H and O–H groups in total. The van der Waals surface area contributed by atoms with Crippen LogP contribution in [0.1, 0.15) is 17.5 Å². The molecule has 0 radical (unpaired) electrons. The van der Waals surface area contributed by atoms with Crippen LogP contribution in [-0.4, -0.2) is 81.4 Å². The van der Waals surface area contributed by atoms with Gasteiger partial charge in [0.05, 0.1) is 24.9 Å². The summed E-state index contributed by atoms with van der Waals surface area (Å²) in [6.07, 6.45) is -6.48. The number of carbonyl (C=O) groups is 2. The van der Waals surface area contributed by atoms with Crippen LogP contribution < -0.4 is 13.8 Å². The Labute approximate surface area is 278 Å². The first-order valence-electron chi connectivity index (χ1n) is 14.6. The van der Waals surface area contributed by atoms with E-state index in [1.807, 2.05) is 0 Å². The van der Waals surface area contributed by atoms with Gasteiger partial charge in [0.25, 0.3) is 15.9 Å². The van der Waals surface area contributed by atoms with E-state index in [-0.39, 0.29) is 40.6 Å². The van der Waals surface area contributed by atoms with Crippen LogP contribution in [0.25, 0.3) is 10.8 Å². The van der Waals surface area contributed by atoms with Gasteiger partial charge in [-0.25, -0.2) is 12.7 Å². The molecule has 0 saturated carbocycles. The number of anilines is 1. The number of amides is 2. The van der Waals surface area contributed by atoms with Crippen molar-refractivity contribution in [2.75, 3.05) is 32.1 Å². The smallest absolute Gasteiger partial charge is 0.497 e. The van der Waals surface area contributed by atoms with E-state index in [9.17, 15) is 31.5 Å². The normalized spacial score (nSPS) is 21.4. The van der Waals surface area contributed by atoms with Gasteiger partial charge in [0.15, 0.2) is 11.3 Å². The van der Waals surface area contributed by atoms with E-state index in [1.165, 1.54) is 49.2 Å². The van der Waals surface area contributed by atoms with E-state index in [0.717, 1.165) is 18.2 Å². The average molecular weight is 704 g/mol. The van der Waals surface area contributed by atoms with Crippen molar-refractivity contribution in [3.8, 4) is 11.5 Å². The first-order valence-corrected chi connectivity index (χ1v) is 16.4. The number of aliphatic hydroxyl groups excluding tert-OH is 1. The summed E-state index contributed by atoms with van der Waals surface area (Å²) in [5.41, 5.74) is -1.99. The minimum absolute atomic E-state index is 0.0531. The SMILES string of the molecule is COc1ccc(S(=O)(=O)N2C(=O)C(c3cccc4ccccc34)(N3C[C@H](O)C[C@H]3C(=O)N(C)C)c3cc(Cl)ccc32)c(OC(F)(F)F)c1. The number of alkyl halides is 3. The lowest BCUT2D eigenvalue weighted by Crippen LogP contribution is -2.59. The zero-order valence-corrected chi connectivity index (χ0v) is 27.3. The van der Waals surface area contributed by atoms with Gasteiger partial charge >= 0.3 is 6.36 Å². The van der Waals surface area contributed by atoms with E-state index in [4.69, 9.17) is 16.3 Å². The number of likely N-dealkylation sites (tertiary alicyclic amines) is 1. The monoisotopic (exact) mass is 703 g/mol. The van der Waals surface area contributed by atoms with Crippen LogP contribution >= 0.6 is 11.6 Å². The number of rotatable bonds is 7. The largest absolute Gasteiger partial charge is 0.573 e. The second-order valence-electron chi connectivity index (χ2n) is 11.6. The number of benzene rings is 4. The number of fused-ring (bicyclic) bond motifs is 2. The quantitative estimate of drug-likeness (QED) is 0.289. The van der Waals surface area contributed by atoms with Crippen LogP contribution in [0.15, 0.2) is 83.8 Å². The van der Waals surface area contributed by atoms with Gasteiger partial charge in [-0.3, -0.25) is 14.5 Å². The molecule has 0 spiro atoms. The summed E-state index contributed by atoms with van der Waals surface area (Å²) in [4.78, 5) is 30.9. The molecule has 10 nitrogen and oxygen atoms in total. The van der Waals surface area contributed by atoms with Crippen molar-refractivity contribution in [2.45, 2.75) is 35.4 Å². The van der Waals surface area contributed by atoms with Gasteiger partial charge in [-0.2, -0.15) is 0 Å². The summed E-state index contributed by atoms with van der Waals surface area (Å²) in [5, 5.41) is 12.3. The summed E-state index contributed by atoms with van der Waals surface area (Å²) in [6, 6.07) is 17.8. The van der Waals surface area contributed by atoms with E-state index in [2.05, 4.69) is 4.74 Å². The maximum atomic E-state index is 15.4. The fourth-order valence-corrected chi connectivity index (χ4v) is 8.40. The predicted octanol–water partition coefficient (Wildman–Crippen LogP) is 4.90. The molecule has 2 aliphatic rings. The second kappa shape index (κ2) is 11.9. The molecule has 1 unspecified atom stereocenters. The number of carbonyl (C=O) groups excluding carboxylic acids is 2. The lowest BCUT2D eigenvalue weighted by Gasteiger charge is -2.42. The number of halogens is 4. The molecule has 252 valence electrons. The Morgan fingerprint density at radius 1 is 1.02 bits per heavy atom. The van der Waals surface area contributed by atoms with Crippen molar-refractivity contribution < 1.29 is 45.8 Å². The topological polar surface area (TPSA) is 117 Å². The summed E-state index contributed by atoms with van der Waals surface area (Å²) in [7, 11) is -0.989. The van der Waals surface area contributed by atoms with E-state index in [0.29, 0.717) is 15.1 Å². The highest BCUT2D eigenvalue weighted by atomic mass is 35.5. The van der Waals surface area contributed by atoms with Crippen LogP contribution in [0, 0.1) is 0 Å². The molecule has 0 aromatic heterocycles. The lowest BCUT2D eigenvalue weighted by atomic mass is 9.79. The molecule has 3 atom stereocenters. The van der Waals surface area contributed by atoms with Gasteiger partial charge < -0.3 is 19.5 Å². The van der Waals surface area contributed by atoms with Gasteiger partial charge in [-0.1, -0.05) is 54.1 Å².